The summed E-state index contributed by atoms with van der Waals surface area (Å²) >= 11 is 0. The van der Waals surface area contributed by atoms with Crippen LogP contribution in [0.25, 0.3) is 0 Å². The molecule has 0 fully saturated rings. The van der Waals surface area contributed by atoms with Gasteiger partial charge in [-0.2, -0.15) is 0 Å². The van der Waals surface area contributed by atoms with Crippen LogP contribution in [0.4, 0.5) is 0 Å². The number of hydrogen-bond donors (Lipinski definition) is 0. The number of carbonyl (C=O) groups excluding carboxylic acids is 2. The lowest BCUT2D eigenvalue weighted by atomic mass is 10.0. The Kier molecular flexibility index (Phi) is 53.1. The van der Waals surface area contributed by atoms with Gasteiger partial charge in [-0.15, -0.1) is 0 Å². The first-order chi connectivity index (χ1) is 35.0. The monoisotopic (exact) mass is 1040 g/mol. The van der Waals surface area contributed by atoms with Crippen molar-refractivity contribution in [2.45, 2.75) is 315 Å². The number of hydrogen-bond acceptors (Lipinski definition) is 8. The molecule has 0 saturated heterocycles. The molecule has 0 aromatic heterocycles. The van der Waals surface area contributed by atoms with E-state index in [1.54, 1.807) is 0 Å². The van der Waals surface area contributed by atoms with E-state index in [2.05, 4.69) is 38.2 Å². The van der Waals surface area contributed by atoms with E-state index in [0.717, 1.165) is 44.9 Å². The molecule has 0 rings (SSSR count). The van der Waals surface area contributed by atoms with Crippen molar-refractivity contribution in [3.8, 4) is 0 Å². The van der Waals surface area contributed by atoms with E-state index in [4.69, 9.17) is 18.5 Å². The van der Waals surface area contributed by atoms with Crippen LogP contribution in [0.1, 0.15) is 309 Å². The number of allylic oxidation sites excluding steroid dienone is 4. The summed E-state index contributed by atoms with van der Waals surface area (Å²) < 4.78 is 34.2. The molecule has 72 heavy (non-hydrogen) atoms. The molecular weight excluding hydrogens is 918 g/mol. The lowest BCUT2D eigenvalue weighted by Gasteiger charge is -2.28. The molecule has 10 heteroatoms. The SMILES string of the molecule is CCCCCCC/C=C\C/C=C\CCCCCCCCCCCCCCCC(=O)OC(COC(=O)CCCCCCCCCCCCCCCCCCCCCCCCC)COP(=O)([O-])OCC[N+](C)(C)C. The highest BCUT2D eigenvalue weighted by atomic mass is 31.2. The summed E-state index contributed by atoms with van der Waals surface area (Å²) in [5, 5.41) is 0. The molecule has 0 aliphatic carbocycles. The number of ether oxygens (including phenoxy) is 2. The molecular formula is C62H120NO8P. The van der Waals surface area contributed by atoms with Crippen molar-refractivity contribution in [1.82, 2.24) is 0 Å². The average molecular weight is 1040 g/mol. The standard InChI is InChI=1S/C62H120NO8P/c1-6-8-10-12-14-16-18-20-22-24-26-28-30-31-33-35-37-39-41-43-45-47-49-51-53-55-62(65)71-60(59-70-72(66,67)69-57-56-63(3,4)5)58-68-61(64)54-52-50-48-46-44-42-40-38-36-34-32-29-27-25-23-21-19-17-15-13-11-9-7-2/h18,20,24,26,60H,6-17,19,21-23,25,27-59H2,1-5H3/b20-18-,26-24-. The Labute approximate surface area is 447 Å². The molecule has 0 aliphatic heterocycles. The first kappa shape index (κ1) is 70.5. The molecule has 9 nitrogen and oxygen atoms in total. The van der Waals surface area contributed by atoms with E-state index < -0.39 is 26.5 Å². The molecule has 0 N–H and O–H groups in total. The highest BCUT2D eigenvalue weighted by Gasteiger charge is 2.22. The summed E-state index contributed by atoms with van der Waals surface area (Å²) in [6.07, 6.45) is 65.1. The molecule has 0 aromatic rings. The van der Waals surface area contributed by atoms with Crippen molar-refractivity contribution < 1.29 is 42.1 Å². The second kappa shape index (κ2) is 54.3. The maximum Gasteiger partial charge on any atom is 0.306 e. The van der Waals surface area contributed by atoms with Gasteiger partial charge in [-0.25, -0.2) is 0 Å². The van der Waals surface area contributed by atoms with Crippen LogP contribution in [-0.4, -0.2) is 70.0 Å². The Balaban J connectivity index is 4.09. The molecule has 2 atom stereocenters. The normalized spacial score (nSPS) is 13.4. The van der Waals surface area contributed by atoms with Gasteiger partial charge in [-0.3, -0.25) is 14.2 Å². The zero-order valence-electron chi connectivity index (χ0n) is 48.4. The first-order valence-electron chi connectivity index (χ1n) is 31.0. The smallest absolute Gasteiger partial charge is 0.306 e. The van der Waals surface area contributed by atoms with Gasteiger partial charge in [-0.05, 0) is 44.9 Å². The predicted molar refractivity (Wildman–Crippen MR) is 305 cm³/mol. The van der Waals surface area contributed by atoms with Crippen LogP contribution in [0.2, 0.25) is 0 Å². The average Bonchev–Trinajstić information content (AvgIpc) is 3.34. The third-order valence-corrected chi connectivity index (χ3v) is 14.9. The van der Waals surface area contributed by atoms with E-state index in [1.165, 1.54) is 231 Å². The van der Waals surface area contributed by atoms with E-state index >= 15 is 0 Å². The van der Waals surface area contributed by atoms with Gasteiger partial charge < -0.3 is 27.9 Å². The largest absolute Gasteiger partial charge is 0.756 e. The maximum atomic E-state index is 12.8. The van der Waals surface area contributed by atoms with Gasteiger partial charge >= 0.3 is 11.9 Å². The Morgan fingerprint density at radius 2 is 0.750 bits per heavy atom. The van der Waals surface area contributed by atoms with Gasteiger partial charge in [0.05, 0.1) is 27.7 Å². The number of phosphoric acid groups is 1. The maximum absolute atomic E-state index is 12.8. The molecule has 0 amide bonds. The summed E-state index contributed by atoms with van der Waals surface area (Å²) in [5.74, 6) is -0.815. The summed E-state index contributed by atoms with van der Waals surface area (Å²) in [4.78, 5) is 37.9. The topological polar surface area (TPSA) is 111 Å². The number of esters is 2. The molecule has 0 aromatic carbocycles. The minimum Gasteiger partial charge on any atom is -0.756 e. The highest BCUT2D eigenvalue weighted by molar-refractivity contribution is 7.45. The second-order valence-corrected chi connectivity index (χ2v) is 23.8. The first-order valence-corrected chi connectivity index (χ1v) is 32.5. The fourth-order valence-electron chi connectivity index (χ4n) is 9.16. The Hall–Kier alpha value is -1.51. The van der Waals surface area contributed by atoms with Crippen LogP contribution >= 0.6 is 7.82 Å². The number of unbranched alkanes of at least 4 members (excludes halogenated alkanes) is 40. The summed E-state index contributed by atoms with van der Waals surface area (Å²) in [6, 6.07) is 0. The zero-order valence-corrected chi connectivity index (χ0v) is 49.3. The zero-order chi connectivity index (χ0) is 52.7. The van der Waals surface area contributed by atoms with E-state index in [-0.39, 0.29) is 32.0 Å². The van der Waals surface area contributed by atoms with Crippen LogP contribution in [-0.2, 0) is 32.7 Å². The number of nitrogens with zero attached hydrogens (tertiary/aromatic N) is 1. The summed E-state index contributed by atoms with van der Waals surface area (Å²) in [7, 11) is 1.18. The number of quaternary nitrogens is 1. The molecule has 0 aliphatic rings. The van der Waals surface area contributed by atoms with Crippen molar-refractivity contribution in [2.24, 2.45) is 0 Å². The quantitative estimate of drug-likeness (QED) is 0.0195. The summed E-state index contributed by atoms with van der Waals surface area (Å²) in [6.45, 7) is 4.29. The minimum absolute atomic E-state index is 0.0279. The number of likely N-dealkylation sites (N-methyl/N-ethyl adjacent to an activating group) is 1. The highest BCUT2D eigenvalue weighted by Crippen LogP contribution is 2.38. The van der Waals surface area contributed by atoms with E-state index in [0.29, 0.717) is 17.4 Å². The fraction of sp³-hybridized carbons (Fsp3) is 0.903. The number of rotatable bonds is 58. The van der Waals surface area contributed by atoms with Gasteiger partial charge in [0, 0.05) is 12.8 Å². The predicted octanol–water partition coefficient (Wildman–Crippen LogP) is 18.7. The van der Waals surface area contributed by atoms with E-state index in [1.807, 2.05) is 21.1 Å². The van der Waals surface area contributed by atoms with Crippen LogP contribution in [0.5, 0.6) is 0 Å². The fourth-order valence-corrected chi connectivity index (χ4v) is 9.89. The molecule has 2 unspecified atom stereocenters. The van der Waals surface area contributed by atoms with Gasteiger partial charge in [0.1, 0.15) is 19.8 Å². The van der Waals surface area contributed by atoms with Crippen LogP contribution in [0.15, 0.2) is 24.3 Å². The van der Waals surface area contributed by atoms with Crippen LogP contribution < -0.4 is 4.89 Å². The van der Waals surface area contributed by atoms with Crippen molar-refractivity contribution in [3.05, 3.63) is 24.3 Å². The third-order valence-electron chi connectivity index (χ3n) is 14.0. The van der Waals surface area contributed by atoms with Gasteiger partial charge in [0.25, 0.3) is 7.82 Å². The molecule has 0 heterocycles. The number of phosphoric ester groups is 1. The molecule has 0 saturated carbocycles. The van der Waals surface area contributed by atoms with Gasteiger partial charge in [0.2, 0.25) is 0 Å². The number of carbonyl (C=O) groups is 2. The van der Waals surface area contributed by atoms with Crippen LogP contribution in [0, 0.1) is 0 Å². The van der Waals surface area contributed by atoms with Gasteiger partial charge in [-0.1, -0.05) is 276 Å². The molecule has 0 radical (unpaired) electrons. The summed E-state index contributed by atoms with van der Waals surface area (Å²) in [5.41, 5.74) is 0. The second-order valence-electron chi connectivity index (χ2n) is 22.4. The van der Waals surface area contributed by atoms with Crippen molar-refractivity contribution in [1.29, 1.82) is 0 Å². The van der Waals surface area contributed by atoms with Crippen LogP contribution in [0.3, 0.4) is 0 Å². The molecule has 426 valence electrons. The lowest BCUT2D eigenvalue weighted by Crippen LogP contribution is -2.37. The third kappa shape index (κ3) is 57.8. The molecule has 0 bridgehead atoms. The van der Waals surface area contributed by atoms with Crippen molar-refractivity contribution in [2.75, 3.05) is 47.5 Å². The Morgan fingerprint density at radius 3 is 1.10 bits per heavy atom. The molecule has 0 spiro atoms. The van der Waals surface area contributed by atoms with Crippen molar-refractivity contribution in [3.63, 3.8) is 0 Å². The Bertz CT molecular complexity index is 1270. The van der Waals surface area contributed by atoms with Gasteiger partial charge in [0.15, 0.2) is 6.10 Å². The van der Waals surface area contributed by atoms with E-state index in [9.17, 15) is 19.0 Å². The lowest BCUT2D eigenvalue weighted by molar-refractivity contribution is -0.870. The van der Waals surface area contributed by atoms with Crippen molar-refractivity contribution >= 4 is 19.8 Å². The Morgan fingerprint density at radius 1 is 0.431 bits per heavy atom. The minimum atomic E-state index is -4.63.